The number of hydrogen-bond acceptors (Lipinski definition) is 4. The maximum atomic E-state index is 13.1. The van der Waals surface area contributed by atoms with Crippen molar-refractivity contribution in [3.05, 3.63) is 64.6 Å². The zero-order chi connectivity index (χ0) is 20.4. The molecule has 6 heteroatoms. The summed E-state index contributed by atoms with van der Waals surface area (Å²) in [6.45, 7) is 4.36. The van der Waals surface area contributed by atoms with E-state index in [0.29, 0.717) is 17.6 Å². The minimum absolute atomic E-state index is 0.118. The summed E-state index contributed by atoms with van der Waals surface area (Å²) >= 11 is 0. The van der Waals surface area contributed by atoms with E-state index in [4.69, 9.17) is 4.42 Å². The van der Waals surface area contributed by atoms with Gasteiger partial charge in [0.05, 0.1) is 5.52 Å². The molecule has 1 fully saturated rings. The summed E-state index contributed by atoms with van der Waals surface area (Å²) in [6.07, 6.45) is 3.69. The number of amides is 1. The van der Waals surface area contributed by atoms with Crippen molar-refractivity contribution in [1.29, 1.82) is 0 Å². The fourth-order valence-corrected chi connectivity index (χ4v) is 4.20. The van der Waals surface area contributed by atoms with E-state index < -0.39 is 11.8 Å². The molecule has 0 radical (unpaired) electrons. The van der Waals surface area contributed by atoms with Crippen molar-refractivity contribution in [3.63, 3.8) is 0 Å². The number of rotatable bonds is 5. The molecule has 0 bridgehead atoms. The summed E-state index contributed by atoms with van der Waals surface area (Å²) < 4.78 is 6.73. The van der Waals surface area contributed by atoms with Crippen LogP contribution in [0.3, 0.4) is 0 Å². The summed E-state index contributed by atoms with van der Waals surface area (Å²) in [5.41, 5.74) is 3.46. The van der Waals surface area contributed by atoms with Gasteiger partial charge in [0.25, 0.3) is 0 Å². The molecule has 0 spiro atoms. The monoisotopic (exact) mass is 393 g/mol. The topological polar surface area (TPSA) is 58.7 Å². The summed E-state index contributed by atoms with van der Waals surface area (Å²) in [5, 5.41) is 0. The molecule has 1 aromatic heterocycles. The molecule has 2 aromatic carbocycles. The molecule has 29 heavy (non-hydrogen) atoms. The van der Waals surface area contributed by atoms with Crippen LogP contribution >= 0.6 is 0 Å². The van der Waals surface area contributed by atoms with Crippen LogP contribution in [0.1, 0.15) is 37.8 Å². The number of carbonyl (C=O) groups excluding carboxylic acids is 1. The van der Waals surface area contributed by atoms with Crippen LogP contribution in [0, 0.1) is 0 Å². The molecule has 1 saturated heterocycles. The average Bonchev–Trinajstić information content (AvgIpc) is 3.09. The van der Waals surface area contributed by atoms with Crippen LogP contribution in [0.5, 0.6) is 0 Å². The highest BCUT2D eigenvalue weighted by Crippen LogP contribution is 2.26. The van der Waals surface area contributed by atoms with Crippen LogP contribution < -0.4 is 10.7 Å². The van der Waals surface area contributed by atoms with Crippen LogP contribution in [0.15, 0.2) is 57.7 Å². The average molecular weight is 393 g/mol. The second-order valence-corrected chi connectivity index (χ2v) is 7.75. The first-order valence-corrected chi connectivity index (χ1v) is 10.2. The minimum atomic E-state index is -0.640. The molecular weight excluding hydrogens is 366 g/mol. The van der Waals surface area contributed by atoms with E-state index in [1.165, 1.54) is 29.5 Å². The van der Waals surface area contributed by atoms with E-state index >= 15 is 0 Å². The molecule has 1 unspecified atom stereocenters. The molecule has 0 N–H and O–H groups in total. The number of benzene rings is 2. The number of piperidine rings is 1. The van der Waals surface area contributed by atoms with Gasteiger partial charge in [0.2, 0.25) is 5.91 Å². The second kappa shape index (κ2) is 8.15. The van der Waals surface area contributed by atoms with E-state index in [9.17, 15) is 9.59 Å². The van der Waals surface area contributed by atoms with Gasteiger partial charge in [0, 0.05) is 32.4 Å². The van der Waals surface area contributed by atoms with Crippen LogP contribution in [-0.4, -0.2) is 35.5 Å². The minimum Gasteiger partial charge on any atom is -0.408 e. The Kier molecular flexibility index (Phi) is 5.43. The fourth-order valence-electron chi connectivity index (χ4n) is 4.20. The van der Waals surface area contributed by atoms with Crippen molar-refractivity contribution in [2.75, 3.05) is 25.0 Å². The van der Waals surface area contributed by atoms with E-state index in [2.05, 4.69) is 23.1 Å². The summed E-state index contributed by atoms with van der Waals surface area (Å²) in [7, 11) is 1.79. The van der Waals surface area contributed by atoms with E-state index in [1.54, 1.807) is 31.0 Å². The van der Waals surface area contributed by atoms with Gasteiger partial charge in [-0.2, -0.15) is 0 Å². The van der Waals surface area contributed by atoms with E-state index in [-0.39, 0.29) is 5.91 Å². The number of hydrogen-bond donors (Lipinski definition) is 0. The molecule has 1 aliphatic rings. The Hall–Kier alpha value is -3.02. The zero-order valence-electron chi connectivity index (χ0n) is 17.0. The van der Waals surface area contributed by atoms with E-state index in [0.717, 1.165) is 18.7 Å². The Balaban J connectivity index is 1.56. The largest absolute Gasteiger partial charge is 0.420 e. The number of anilines is 1. The number of oxazole rings is 1. The Morgan fingerprint density at radius 3 is 2.55 bits per heavy atom. The maximum absolute atomic E-state index is 13.1. The van der Waals surface area contributed by atoms with Crippen molar-refractivity contribution >= 4 is 22.7 Å². The molecule has 6 nitrogen and oxygen atoms in total. The van der Waals surface area contributed by atoms with Gasteiger partial charge in [-0.25, -0.2) is 4.79 Å². The first-order chi connectivity index (χ1) is 14.1. The predicted octanol–water partition coefficient (Wildman–Crippen LogP) is 3.80. The number of nitrogens with zero attached hydrogens (tertiary/aromatic N) is 3. The molecule has 2 heterocycles. The predicted molar refractivity (Wildman–Crippen MR) is 114 cm³/mol. The second-order valence-electron chi connectivity index (χ2n) is 7.75. The van der Waals surface area contributed by atoms with Crippen LogP contribution in [0.2, 0.25) is 0 Å². The van der Waals surface area contributed by atoms with Crippen molar-refractivity contribution < 1.29 is 9.21 Å². The fraction of sp³-hybridized carbons (Fsp3) is 0.391. The number of aromatic nitrogens is 1. The molecule has 1 amide bonds. The van der Waals surface area contributed by atoms with Crippen LogP contribution in [0.4, 0.5) is 5.69 Å². The lowest BCUT2D eigenvalue weighted by Gasteiger charge is -2.32. The van der Waals surface area contributed by atoms with Gasteiger partial charge in [-0.1, -0.05) is 30.3 Å². The van der Waals surface area contributed by atoms with Gasteiger partial charge >= 0.3 is 5.76 Å². The SMILES string of the molecule is CC(C(=O)N(C)Cc1ccccc1N1CCCCC1)n1c(=O)oc2ccccc21. The molecule has 0 aliphatic carbocycles. The molecule has 1 atom stereocenters. The summed E-state index contributed by atoms with van der Waals surface area (Å²) in [6, 6.07) is 14.8. The Bertz CT molecular complexity index is 1060. The molecule has 1 aliphatic heterocycles. The lowest BCUT2D eigenvalue weighted by Crippen LogP contribution is -2.36. The van der Waals surface area contributed by atoms with Gasteiger partial charge in [-0.05, 0) is 49.9 Å². The van der Waals surface area contributed by atoms with Gasteiger partial charge in [0.1, 0.15) is 6.04 Å². The summed E-state index contributed by atoms with van der Waals surface area (Å²) in [5.74, 6) is -0.624. The molecule has 0 saturated carbocycles. The normalized spacial score (nSPS) is 15.4. The Labute approximate surface area is 170 Å². The smallest absolute Gasteiger partial charge is 0.408 e. The lowest BCUT2D eigenvalue weighted by molar-refractivity contribution is -0.133. The number of likely N-dealkylation sites (N-methyl/N-ethyl adjacent to an activating group) is 1. The van der Waals surface area contributed by atoms with Crippen LogP contribution in [0.25, 0.3) is 11.1 Å². The quantitative estimate of drug-likeness (QED) is 0.662. The molecule has 4 rings (SSSR count). The molecular formula is C23H27N3O3. The van der Waals surface area contributed by atoms with Gasteiger partial charge in [-0.3, -0.25) is 9.36 Å². The Morgan fingerprint density at radius 2 is 1.76 bits per heavy atom. The first kappa shape index (κ1) is 19.3. The maximum Gasteiger partial charge on any atom is 0.420 e. The van der Waals surface area contributed by atoms with Gasteiger partial charge in [0.15, 0.2) is 5.58 Å². The van der Waals surface area contributed by atoms with Gasteiger partial charge in [-0.15, -0.1) is 0 Å². The highest BCUT2D eigenvalue weighted by molar-refractivity contribution is 5.83. The molecule has 152 valence electrons. The highest BCUT2D eigenvalue weighted by Gasteiger charge is 2.25. The van der Waals surface area contributed by atoms with Crippen molar-refractivity contribution in [3.8, 4) is 0 Å². The number of fused-ring (bicyclic) bond motifs is 1. The van der Waals surface area contributed by atoms with Crippen molar-refractivity contribution in [1.82, 2.24) is 9.47 Å². The van der Waals surface area contributed by atoms with Crippen molar-refractivity contribution in [2.45, 2.75) is 38.8 Å². The third-order valence-electron chi connectivity index (χ3n) is 5.74. The molecule has 3 aromatic rings. The Morgan fingerprint density at radius 1 is 1.07 bits per heavy atom. The number of para-hydroxylation sites is 3. The lowest BCUT2D eigenvalue weighted by atomic mass is 10.1. The standard InChI is InChI=1S/C23H27N3O3/c1-17(26-20-12-6-7-13-21(20)29-23(26)28)22(27)24(2)16-18-10-4-5-11-19(18)25-14-8-3-9-15-25/h4-7,10-13,17H,3,8-9,14-16H2,1-2H3. The zero-order valence-corrected chi connectivity index (χ0v) is 17.0. The first-order valence-electron chi connectivity index (χ1n) is 10.2. The van der Waals surface area contributed by atoms with Crippen LogP contribution in [-0.2, 0) is 11.3 Å². The van der Waals surface area contributed by atoms with E-state index in [1.807, 2.05) is 18.2 Å². The third-order valence-corrected chi connectivity index (χ3v) is 5.74. The number of carbonyl (C=O) groups is 1. The highest BCUT2D eigenvalue weighted by atomic mass is 16.4. The summed E-state index contributed by atoms with van der Waals surface area (Å²) in [4.78, 5) is 29.6. The third kappa shape index (κ3) is 3.79. The van der Waals surface area contributed by atoms with Gasteiger partial charge < -0.3 is 14.2 Å². The van der Waals surface area contributed by atoms with Crippen molar-refractivity contribution in [2.24, 2.45) is 0 Å².